The van der Waals surface area contributed by atoms with Gasteiger partial charge in [0.25, 0.3) is 0 Å². The molecule has 2 heterocycles. The zero-order valence-corrected chi connectivity index (χ0v) is 16.6. The summed E-state index contributed by atoms with van der Waals surface area (Å²) in [6, 6.07) is 8.25. The predicted molar refractivity (Wildman–Crippen MR) is 107 cm³/mol. The van der Waals surface area contributed by atoms with E-state index in [2.05, 4.69) is 15.6 Å². The minimum absolute atomic E-state index is 0.0364. The highest BCUT2D eigenvalue weighted by molar-refractivity contribution is 7.89. The number of pyridine rings is 1. The van der Waals surface area contributed by atoms with E-state index < -0.39 is 21.8 Å². The van der Waals surface area contributed by atoms with Crippen LogP contribution < -0.4 is 20.7 Å². The highest BCUT2D eigenvalue weighted by Gasteiger charge is 2.31. The van der Waals surface area contributed by atoms with Crippen LogP contribution in [0.1, 0.15) is 12.0 Å². The van der Waals surface area contributed by atoms with Crippen LogP contribution in [0.25, 0.3) is 0 Å². The Morgan fingerprint density at radius 3 is 2.66 bits per heavy atom. The second-order valence-electron chi connectivity index (χ2n) is 6.51. The molecule has 12 heteroatoms. The summed E-state index contributed by atoms with van der Waals surface area (Å²) in [5, 5.41) is 11.4. The fraction of sp³-hybridized carbons (Fsp3) is 0.294. The van der Waals surface area contributed by atoms with Crippen molar-refractivity contribution in [2.24, 2.45) is 5.14 Å². The summed E-state index contributed by atoms with van der Waals surface area (Å²) >= 11 is 5.26. The van der Waals surface area contributed by atoms with E-state index in [0.717, 1.165) is 12.3 Å². The van der Waals surface area contributed by atoms with Crippen molar-refractivity contribution >= 4 is 38.9 Å². The molecule has 7 nitrogen and oxygen atoms in total. The molecule has 1 aliphatic rings. The van der Waals surface area contributed by atoms with Crippen molar-refractivity contribution < 1.29 is 21.6 Å². The summed E-state index contributed by atoms with van der Waals surface area (Å²) in [4.78, 5) is 5.73. The Balaban J connectivity index is 1.57. The summed E-state index contributed by atoms with van der Waals surface area (Å²) in [7, 11) is -3.82. The van der Waals surface area contributed by atoms with Gasteiger partial charge in [0.2, 0.25) is 10.0 Å². The number of nitrogens with one attached hydrogen (secondary N) is 2. The number of benzene rings is 1. The number of hydrogen-bond acceptors (Lipinski definition) is 5. The molecule has 1 fully saturated rings. The number of anilines is 2. The normalized spacial score (nSPS) is 17.2. The molecule has 0 saturated carbocycles. The average Bonchev–Trinajstić information content (AvgIpc) is 3.09. The maximum absolute atomic E-state index is 12.6. The summed E-state index contributed by atoms with van der Waals surface area (Å²) in [6.45, 7) is 1.12. The van der Waals surface area contributed by atoms with E-state index in [1.54, 1.807) is 6.07 Å². The minimum atomic E-state index is -4.42. The van der Waals surface area contributed by atoms with E-state index in [9.17, 15) is 21.6 Å². The van der Waals surface area contributed by atoms with Crippen molar-refractivity contribution in [1.29, 1.82) is 0 Å². The standard InChI is InChI=1S/C17H18F3N5O2S2/c18-17(19,20)11-4-5-15(22-9-11)25-7-6-13(10-25)24-16(28)23-12-2-1-3-14(8-12)29(21,26)27/h1-5,8-9,13H,6-7,10H2,(H2,21,26,27)(H2,23,24,28)/t13-/m1/s1. The van der Waals surface area contributed by atoms with E-state index in [1.165, 1.54) is 24.3 Å². The molecule has 2 aromatic rings. The molecular formula is C17H18F3N5O2S2. The third-order valence-electron chi connectivity index (χ3n) is 4.34. The van der Waals surface area contributed by atoms with E-state index in [4.69, 9.17) is 17.4 Å². The van der Waals surface area contributed by atoms with E-state index >= 15 is 0 Å². The zero-order chi connectivity index (χ0) is 21.2. The Bertz CT molecular complexity index is 997. The van der Waals surface area contributed by atoms with Crippen molar-refractivity contribution in [3.05, 3.63) is 48.2 Å². The number of hydrogen-bond donors (Lipinski definition) is 3. The van der Waals surface area contributed by atoms with E-state index in [0.29, 0.717) is 36.1 Å². The topological polar surface area (TPSA) is 100 Å². The Labute approximate surface area is 171 Å². The van der Waals surface area contributed by atoms with Gasteiger partial charge < -0.3 is 15.5 Å². The number of thiocarbonyl (C=S) groups is 1. The van der Waals surface area contributed by atoms with Crippen molar-refractivity contribution in [3.63, 3.8) is 0 Å². The van der Waals surface area contributed by atoms with Gasteiger partial charge >= 0.3 is 6.18 Å². The van der Waals surface area contributed by atoms with Crippen LogP contribution >= 0.6 is 12.2 Å². The molecule has 156 valence electrons. The van der Waals surface area contributed by atoms with Gasteiger partial charge in [-0.3, -0.25) is 0 Å². The Hall–Kier alpha value is -2.44. The van der Waals surface area contributed by atoms with Crippen molar-refractivity contribution in [1.82, 2.24) is 10.3 Å². The maximum atomic E-state index is 12.6. The molecule has 0 aliphatic carbocycles. The lowest BCUT2D eigenvalue weighted by atomic mass is 10.2. The second-order valence-corrected chi connectivity index (χ2v) is 8.48. The largest absolute Gasteiger partial charge is 0.417 e. The molecule has 1 atom stereocenters. The number of alkyl halides is 3. The number of nitrogens with two attached hydrogens (primary N) is 1. The zero-order valence-electron chi connectivity index (χ0n) is 15.0. The van der Waals surface area contributed by atoms with Crippen molar-refractivity contribution in [2.75, 3.05) is 23.3 Å². The van der Waals surface area contributed by atoms with Gasteiger partial charge in [0, 0.05) is 31.0 Å². The SMILES string of the molecule is NS(=O)(=O)c1cccc(NC(=S)N[C@@H]2CCN(c3ccc(C(F)(F)F)cn3)C2)c1. The fourth-order valence-corrected chi connectivity index (χ4v) is 3.77. The minimum Gasteiger partial charge on any atom is -0.358 e. The molecule has 1 aliphatic heterocycles. The van der Waals surface area contributed by atoms with Crippen LogP contribution in [0.5, 0.6) is 0 Å². The van der Waals surface area contributed by atoms with Gasteiger partial charge in [0.15, 0.2) is 5.11 Å². The quantitative estimate of drug-likeness (QED) is 0.621. The Morgan fingerprint density at radius 2 is 2.03 bits per heavy atom. The molecule has 1 saturated heterocycles. The summed E-state index contributed by atoms with van der Waals surface area (Å²) in [5.74, 6) is 0.460. The third-order valence-corrected chi connectivity index (χ3v) is 5.47. The first-order chi connectivity index (χ1) is 13.5. The lowest BCUT2D eigenvalue weighted by molar-refractivity contribution is -0.137. The molecule has 0 amide bonds. The van der Waals surface area contributed by atoms with Gasteiger partial charge in [-0.1, -0.05) is 6.07 Å². The Kier molecular flexibility index (Phi) is 5.96. The van der Waals surface area contributed by atoms with E-state index in [-0.39, 0.29) is 10.9 Å². The first kappa shape index (κ1) is 21.3. The van der Waals surface area contributed by atoms with Crippen LogP contribution in [0, 0.1) is 0 Å². The molecule has 29 heavy (non-hydrogen) atoms. The molecule has 1 aromatic carbocycles. The molecule has 4 N–H and O–H groups in total. The molecule has 1 aromatic heterocycles. The van der Waals surface area contributed by atoms with Gasteiger partial charge in [0.1, 0.15) is 5.82 Å². The van der Waals surface area contributed by atoms with Gasteiger partial charge in [-0.25, -0.2) is 18.5 Å². The van der Waals surface area contributed by atoms with Crippen LogP contribution in [0.2, 0.25) is 0 Å². The van der Waals surface area contributed by atoms with Crippen LogP contribution in [0.4, 0.5) is 24.7 Å². The molecule has 0 spiro atoms. The second kappa shape index (κ2) is 8.13. The predicted octanol–water partition coefficient (Wildman–Crippen LogP) is 2.31. The van der Waals surface area contributed by atoms with Gasteiger partial charge in [0.05, 0.1) is 10.5 Å². The highest BCUT2D eigenvalue weighted by Crippen LogP contribution is 2.30. The average molecular weight is 445 g/mol. The number of primary sulfonamides is 1. The lowest BCUT2D eigenvalue weighted by Gasteiger charge is -2.19. The summed E-state index contributed by atoms with van der Waals surface area (Å²) < 4.78 is 60.8. The summed E-state index contributed by atoms with van der Waals surface area (Å²) in [5.41, 5.74) is -0.324. The lowest BCUT2D eigenvalue weighted by Crippen LogP contribution is -2.39. The first-order valence-corrected chi connectivity index (χ1v) is 10.5. The van der Waals surface area contributed by atoms with Crippen molar-refractivity contribution in [2.45, 2.75) is 23.5 Å². The molecule has 3 rings (SSSR count). The van der Waals surface area contributed by atoms with Crippen LogP contribution in [-0.4, -0.2) is 37.6 Å². The van der Waals surface area contributed by atoms with Crippen LogP contribution in [0.3, 0.4) is 0 Å². The first-order valence-electron chi connectivity index (χ1n) is 8.51. The van der Waals surface area contributed by atoms with Gasteiger partial charge in [-0.05, 0) is 49.0 Å². The molecular weight excluding hydrogens is 427 g/mol. The number of aromatic nitrogens is 1. The smallest absolute Gasteiger partial charge is 0.358 e. The number of halogens is 3. The Morgan fingerprint density at radius 1 is 1.28 bits per heavy atom. The number of nitrogens with zero attached hydrogens (tertiary/aromatic N) is 2. The maximum Gasteiger partial charge on any atom is 0.417 e. The monoisotopic (exact) mass is 445 g/mol. The molecule has 0 radical (unpaired) electrons. The highest BCUT2D eigenvalue weighted by atomic mass is 32.2. The summed E-state index contributed by atoms with van der Waals surface area (Å²) in [6.07, 6.45) is -2.89. The van der Waals surface area contributed by atoms with Crippen molar-refractivity contribution in [3.8, 4) is 0 Å². The third kappa shape index (κ3) is 5.55. The van der Waals surface area contributed by atoms with Crippen LogP contribution in [-0.2, 0) is 16.2 Å². The number of rotatable bonds is 4. The van der Waals surface area contributed by atoms with Gasteiger partial charge in [-0.15, -0.1) is 0 Å². The van der Waals surface area contributed by atoms with E-state index in [1.807, 2.05) is 4.90 Å². The van der Waals surface area contributed by atoms with Crippen LogP contribution in [0.15, 0.2) is 47.5 Å². The fourth-order valence-electron chi connectivity index (χ4n) is 2.93. The molecule has 0 bridgehead atoms. The van der Waals surface area contributed by atoms with Gasteiger partial charge in [-0.2, -0.15) is 13.2 Å². The number of sulfonamides is 1. The molecule has 0 unspecified atom stereocenters.